The number of nitrogens with one attached hydrogen (secondary N) is 1. The molecule has 1 saturated heterocycles. The summed E-state index contributed by atoms with van der Waals surface area (Å²) >= 11 is 0. The zero-order valence-electron chi connectivity index (χ0n) is 8.77. The molecule has 1 fully saturated rings. The number of halogens is 3. The van der Waals surface area contributed by atoms with Crippen LogP contribution >= 0.6 is 0 Å². The number of hydrogen-bond donors (Lipinski definition) is 1. The SMILES string of the molecule is CC(C)C1NCC(=O)N1CCC(F)(F)F. The Morgan fingerprint density at radius 1 is 1.53 bits per heavy atom. The van der Waals surface area contributed by atoms with Crippen LogP contribution in [0.4, 0.5) is 13.2 Å². The Morgan fingerprint density at radius 2 is 2.13 bits per heavy atom. The van der Waals surface area contributed by atoms with Gasteiger partial charge in [0.1, 0.15) is 0 Å². The Kier molecular flexibility index (Phi) is 3.59. The summed E-state index contributed by atoms with van der Waals surface area (Å²) in [5, 5.41) is 2.90. The predicted octanol–water partition coefficient (Wildman–Crippen LogP) is 1.35. The Hall–Kier alpha value is -0.780. The van der Waals surface area contributed by atoms with Gasteiger partial charge in [0.2, 0.25) is 5.91 Å². The number of nitrogens with zero attached hydrogens (tertiary/aromatic N) is 1. The van der Waals surface area contributed by atoms with E-state index >= 15 is 0 Å². The zero-order valence-corrected chi connectivity index (χ0v) is 8.77. The van der Waals surface area contributed by atoms with Crippen molar-refractivity contribution in [3.8, 4) is 0 Å². The average Bonchev–Trinajstić information content (AvgIpc) is 2.42. The Morgan fingerprint density at radius 3 is 2.60 bits per heavy atom. The summed E-state index contributed by atoms with van der Waals surface area (Å²) in [6.45, 7) is 3.63. The molecule has 0 saturated carbocycles. The zero-order chi connectivity index (χ0) is 11.6. The van der Waals surface area contributed by atoms with Gasteiger partial charge in [-0.25, -0.2) is 0 Å². The largest absolute Gasteiger partial charge is 0.390 e. The second-order valence-corrected chi connectivity index (χ2v) is 4.02. The molecule has 6 heteroatoms. The van der Waals surface area contributed by atoms with Crippen molar-refractivity contribution in [2.45, 2.75) is 32.6 Å². The minimum atomic E-state index is -4.20. The number of alkyl halides is 3. The van der Waals surface area contributed by atoms with Crippen LogP contribution in [0.15, 0.2) is 0 Å². The molecule has 1 unspecified atom stereocenters. The molecule has 0 radical (unpaired) electrons. The monoisotopic (exact) mass is 224 g/mol. The summed E-state index contributed by atoms with van der Waals surface area (Å²) in [5.74, 6) is -0.136. The first kappa shape index (κ1) is 12.3. The highest BCUT2D eigenvalue weighted by molar-refractivity contribution is 5.80. The van der Waals surface area contributed by atoms with Gasteiger partial charge < -0.3 is 4.90 Å². The smallest absolute Gasteiger partial charge is 0.325 e. The number of hydrogen-bond acceptors (Lipinski definition) is 2. The molecule has 1 rings (SSSR count). The van der Waals surface area contributed by atoms with Crippen LogP contribution < -0.4 is 5.32 Å². The van der Waals surface area contributed by atoms with Crippen LogP contribution in [0.25, 0.3) is 0 Å². The molecule has 1 N–H and O–H groups in total. The fourth-order valence-corrected chi connectivity index (χ4v) is 1.67. The third-order valence-electron chi connectivity index (χ3n) is 2.39. The number of amides is 1. The third kappa shape index (κ3) is 3.37. The van der Waals surface area contributed by atoms with Crippen molar-refractivity contribution in [1.82, 2.24) is 10.2 Å². The van der Waals surface area contributed by atoms with Gasteiger partial charge in [-0.3, -0.25) is 10.1 Å². The van der Waals surface area contributed by atoms with Crippen molar-refractivity contribution < 1.29 is 18.0 Å². The highest BCUT2D eigenvalue weighted by Gasteiger charge is 2.35. The van der Waals surface area contributed by atoms with Crippen LogP contribution in [0.2, 0.25) is 0 Å². The van der Waals surface area contributed by atoms with Gasteiger partial charge in [-0.05, 0) is 5.92 Å². The molecule has 0 aliphatic carbocycles. The van der Waals surface area contributed by atoms with Crippen molar-refractivity contribution in [2.75, 3.05) is 13.1 Å². The molecule has 1 amide bonds. The fourth-order valence-electron chi connectivity index (χ4n) is 1.67. The van der Waals surface area contributed by atoms with E-state index in [1.165, 1.54) is 4.90 Å². The number of rotatable bonds is 3. The molecule has 0 spiro atoms. The normalized spacial score (nSPS) is 22.9. The minimum Gasteiger partial charge on any atom is -0.325 e. The Balaban J connectivity index is 2.54. The molecule has 3 nitrogen and oxygen atoms in total. The molecule has 0 aromatic heterocycles. The van der Waals surface area contributed by atoms with Crippen LogP contribution in [0, 0.1) is 5.92 Å². The van der Waals surface area contributed by atoms with Crippen LogP contribution in [-0.2, 0) is 4.79 Å². The quantitative estimate of drug-likeness (QED) is 0.784. The molecule has 1 atom stereocenters. The Labute approximate surface area is 86.6 Å². The van der Waals surface area contributed by atoms with E-state index in [-0.39, 0.29) is 31.1 Å². The molecular weight excluding hydrogens is 209 g/mol. The highest BCUT2D eigenvalue weighted by Crippen LogP contribution is 2.22. The first-order chi connectivity index (χ1) is 6.81. The predicted molar refractivity (Wildman–Crippen MR) is 49.0 cm³/mol. The second kappa shape index (κ2) is 4.38. The molecule has 1 aliphatic rings. The lowest BCUT2D eigenvalue weighted by molar-refractivity contribution is -0.145. The molecule has 0 bridgehead atoms. The maximum Gasteiger partial charge on any atom is 0.390 e. The molecule has 0 aromatic carbocycles. The van der Waals surface area contributed by atoms with Gasteiger partial charge in [0.05, 0.1) is 19.1 Å². The summed E-state index contributed by atoms with van der Waals surface area (Å²) < 4.78 is 36.0. The summed E-state index contributed by atoms with van der Waals surface area (Å²) in [6.07, 6.45) is -5.41. The van der Waals surface area contributed by atoms with Crippen LogP contribution in [0.3, 0.4) is 0 Å². The van der Waals surface area contributed by atoms with Gasteiger partial charge >= 0.3 is 6.18 Å². The Bertz CT molecular complexity index is 240. The van der Waals surface area contributed by atoms with Gasteiger partial charge in [0, 0.05) is 6.54 Å². The lowest BCUT2D eigenvalue weighted by Gasteiger charge is -2.27. The van der Waals surface area contributed by atoms with Crippen LogP contribution in [0.1, 0.15) is 20.3 Å². The van der Waals surface area contributed by atoms with Crippen molar-refractivity contribution in [1.29, 1.82) is 0 Å². The van der Waals surface area contributed by atoms with E-state index < -0.39 is 12.6 Å². The topological polar surface area (TPSA) is 32.3 Å². The van der Waals surface area contributed by atoms with E-state index in [1.807, 2.05) is 13.8 Å². The molecule has 88 valence electrons. The molecule has 1 aliphatic heterocycles. The van der Waals surface area contributed by atoms with Crippen molar-refractivity contribution in [3.05, 3.63) is 0 Å². The molecule has 0 aromatic rings. The van der Waals surface area contributed by atoms with E-state index in [0.29, 0.717) is 0 Å². The van der Waals surface area contributed by atoms with Crippen LogP contribution in [0.5, 0.6) is 0 Å². The lowest BCUT2D eigenvalue weighted by atomic mass is 10.1. The maximum absolute atomic E-state index is 12.0. The van der Waals surface area contributed by atoms with E-state index in [9.17, 15) is 18.0 Å². The summed E-state index contributed by atoms with van der Waals surface area (Å²) in [4.78, 5) is 12.6. The average molecular weight is 224 g/mol. The maximum atomic E-state index is 12.0. The van der Waals surface area contributed by atoms with Gasteiger partial charge in [-0.2, -0.15) is 13.2 Å². The number of carbonyl (C=O) groups is 1. The third-order valence-corrected chi connectivity index (χ3v) is 2.39. The van der Waals surface area contributed by atoms with Crippen LogP contribution in [-0.4, -0.2) is 36.2 Å². The van der Waals surface area contributed by atoms with Crippen molar-refractivity contribution in [2.24, 2.45) is 5.92 Å². The van der Waals surface area contributed by atoms with Gasteiger partial charge in [0.15, 0.2) is 0 Å². The van der Waals surface area contributed by atoms with E-state index in [1.54, 1.807) is 0 Å². The fraction of sp³-hybridized carbons (Fsp3) is 0.889. The summed E-state index contributed by atoms with van der Waals surface area (Å²) in [5.41, 5.74) is 0. The minimum absolute atomic E-state index is 0.115. The van der Waals surface area contributed by atoms with E-state index in [0.717, 1.165) is 0 Å². The second-order valence-electron chi connectivity index (χ2n) is 4.02. The van der Waals surface area contributed by atoms with E-state index in [2.05, 4.69) is 5.32 Å². The summed E-state index contributed by atoms with van der Waals surface area (Å²) in [6, 6.07) is 0. The van der Waals surface area contributed by atoms with Gasteiger partial charge in [0.25, 0.3) is 0 Å². The van der Waals surface area contributed by atoms with Crippen molar-refractivity contribution in [3.63, 3.8) is 0 Å². The molecule has 1 heterocycles. The first-order valence-electron chi connectivity index (χ1n) is 4.91. The van der Waals surface area contributed by atoms with Crippen molar-refractivity contribution >= 4 is 5.91 Å². The molecule has 15 heavy (non-hydrogen) atoms. The standard InChI is InChI=1S/C9H15F3N2O/c1-6(2)8-13-5-7(15)14(8)4-3-9(10,11)12/h6,8,13H,3-5H2,1-2H3. The highest BCUT2D eigenvalue weighted by atomic mass is 19.4. The lowest BCUT2D eigenvalue weighted by Crippen LogP contribution is -2.42. The number of carbonyl (C=O) groups excluding carboxylic acids is 1. The van der Waals surface area contributed by atoms with Gasteiger partial charge in [-0.15, -0.1) is 0 Å². The molecular formula is C9H15F3N2O. The van der Waals surface area contributed by atoms with Gasteiger partial charge in [-0.1, -0.05) is 13.8 Å². The summed E-state index contributed by atoms with van der Waals surface area (Å²) in [7, 11) is 0. The first-order valence-corrected chi connectivity index (χ1v) is 4.91. The van der Waals surface area contributed by atoms with E-state index in [4.69, 9.17) is 0 Å².